The highest BCUT2D eigenvalue weighted by molar-refractivity contribution is 6.04. The average molecular weight is 368 g/mol. The number of anilines is 1. The number of carbonyl (C=O) groups excluding carboxylic acids is 1. The minimum absolute atomic E-state index is 0.0734. The molecule has 5 nitrogen and oxygen atoms in total. The van der Waals surface area contributed by atoms with Crippen LogP contribution in [0.1, 0.15) is 48.7 Å². The molecule has 0 saturated carbocycles. The number of carboxylic acids is 1. The second-order valence-corrected chi connectivity index (χ2v) is 6.90. The van der Waals surface area contributed by atoms with Crippen LogP contribution in [-0.2, 0) is 17.8 Å². The van der Waals surface area contributed by atoms with Gasteiger partial charge in [-0.15, -0.1) is 0 Å². The molecule has 0 spiro atoms. The van der Waals surface area contributed by atoms with Crippen molar-refractivity contribution in [2.75, 3.05) is 11.9 Å². The van der Waals surface area contributed by atoms with Gasteiger partial charge in [-0.05, 0) is 62.2 Å². The number of carbonyl (C=O) groups is 2. The zero-order valence-corrected chi connectivity index (χ0v) is 16.2. The average Bonchev–Trinajstić information content (AvgIpc) is 2.65. The molecular formula is C22H28N2O3. The molecule has 0 bridgehead atoms. The van der Waals surface area contributed by atoms with Crippen molar-refractivity contribution < 1.29 is 14.7 Å². The number of nitrogens with one attached hydrogen (secondary N) is 1. The van der Waals surface area contributed by atoms with E-state index in [0.717, 1.165) is 18.7 Å². The molecule has 2 aromatic rings. The first-order chi connectivity index (χ1) is 12.9. The summed E-state index contributed by atoms with van der Waals surface area (Å²) in [6, 6.07) is 15.4. The lowest BCUT2D eigenvalue weighted by Gasteiger charge is -2.24. The van der Waals surface area contributed by atoms with Gasteiger partial charge < -0.3 is 10.4 Å². The van der Waals surface area contributed by atoms with Crippen molar-refractivity contribution in [3.63, 3.8) is 0 Å². The lowest BCUT2D eigenvalue weighted by molar-refractivity contribution is -0.136. The number of amides is 1. The van der Waals surface area contributed by atoms with Crippen LogP contribution in [-0.4, -0.2) is 34.5 Å². The summed E-state index contributed by atoms with van der Waals surface area (Å²) in [6.45, 7) is 8.35. The molecular weight excluding hydrogens is 340 g/mol. The first-order valence-corrected chi connectivity index (χ1v) is 9.34. The fourth-order valence-corrected chi connectivity index (χ4v) is 2.91. The van der Waals surface area contributed by atoms with E-state index in [4.69, 9.17) is 5.11 Å². The van der Waals surface area contributed by atoms with Crippen molar-refractivity contribution in [2.24, 2.45) is 0 Å². The first-order valence-electron chi connectivity index (χ1n) is 9.34. The minimum Gasteiger partial charge on any atom is -0.481 e. The Labute approximate surface area is 161 Å². The van der Waals surface area contributed by atoms with E-state index in [-0.39, 0.29) is 12.3 Å². The van der Waals surface area contributed by atoms with Gasteiger partial charge >= 0.3 is 5.97 Å². The van der Waals surface area contributed by atoms with E-state index in [1.54, 1.807) is 6.07 Å². The molecule has 5 heteroatoms. The lowest BCUT2D eigenvalue weighted by atomic mass is 10.1. The van der Waals surface area contributed by atoms with Crippen LogP contribution >= 0.6 is 0 Å². The predicted octanol–water partition coefficient (Wildman–Crippen LogP) is 4.19. The van der Waals surface area contributed by atoms with Crippen molar-refractivity contribution in [3.8, 4) is 0 Å². The van der Waals surface area contributed by atoms with Gasteiger partial charge in [0, 0.05) is 30.3 Å². The van der Waals surface area contributed by atoms with Crippen LogP contribution in [0, 0.1) is 0 Å². The van der Waals surface area contributed by atoms with Gasteiger partial charge in [0.2, 0.25) is 0 Å². The first kappa shape index (κ1) is 20.6. The van der Waals surface area contributed by atoms with Crippen molar-refractivity contribution in [2.45, 2.75) is 46.2 Å². The number of aryl methyl sites for hydroxylation is 1. The standard InChI is InChI=1S/C22H28N2O3/c1-4-24(16(2)3)15-18-8-11-19(12-9-18)22(27)23-20-7-5-6-17(14-20)10-13-21(25)26/h5-9,11-12,14,16H,4,10,13,15H2,1-3H3,(H,23,27)(H,25,26). The van der Waals surface area contributed by atoms with E-state index in [2.05, 4.69) is 31.0 Å². The molecule has 2 N–H and O–H groups in total. The summed E-state index contributed by atoms with van der Waals surface area (Å²) in [5, 5.41) is 11.7. The third-order valence-corrected chi connectivity index (χ3v) is 4.55. The highest BCUT2D eigenvalue weighted by Gasteiger charge is 2.10. The van der Waals surface area contributed by atoms with Crippen LogP contribution in [0.15, 0.2) is 48.5 Å². The molecule has 0 heterocycles. The Morgan fingerprint density at radius 2 is 1.78 bits per heavy atom. The quantitative estimate of drug-likeness (QED) is 0.696. The molecule has 0 unspecified atom stereocenters. The summed E-state index contributed by atoms with van der Waals surface area (Å²) < 4.78 is 0. The maximum atomic E-state index is 12.5. The van der Waals surface area contributed by atoms with E-state index >= 15 is 0 Å². The summed E-state index contributed by atoms with van der Waals surface area (Å²) >= 11 is 0. The molecule has 0 atom stereocenters. The Bertz CT molecular complexity index is 769. The second kappa shape index (κ2) is 9.88. The Balaban J connectivity index is 1.99. The van der Waals surface area contributed by atoms with Crippen LogP contribution in [0.5, 0.6) is 0 Å². The normalized spacial score (nSPS) is 11.0. The topological polar surface area (TPSA) is 69.6 Å². The van der Waals surface area contributed by atoms with Gasteiger partial charge in [0.15, 0.2) is 0 Å². The monoisotopic (exact) mass is 368 g/mol. The zero-order valence-electron chi connectivity index (χ0n) is 16.2. The van der Waals surface area contributed by atoms with Crippen LogP contribution in [0.2, 0.25) is 0 Å². The van der Waals surface area contributed by atoms with Crippen LogP contribution in [0.3, 0.4) is 0 Å². The fourth-order valence-electron chi connectivity index (χ4n) is 2.91. The van der Waals surface area contributed by atoms with E-state index in [0.29, 0.717) is 23.7 Å². The number of carboxylic acid groups (broad SMARTS) is 1. The number of hydrogen-bond acceptors (Lipinski definition) is 3. The van der Waals surface area contributed by atoms with Crippen molar-refractivity contribution >= 4 is 17.6 Å². The Kier molecular flexibility index (Phi) is 7.55. The van der Waals surface area contributed by atoms with Crippen molar-refractivity contribution in [1.82, 2.24) is 4.90 Å². The second-order valence-electron chi connectivity index (χ2n) is 6.90. The maximum Gasteiger partial charge on any atom is 0.303 e. The number of nitrogens with zero attached hydrogens (tertiary/aromatic N) is 1. The highest BCUT2D eigenvalue weighted by atomic mass is 16.4. The molecule has 0 aliphatic carbocycles. The SMILES string of the molecule is CCN(Cc1ccc(C(=O)Nc2cccc(CCC(=O)O)c2)cc1)C(C)C. The van der Waals surface area contributed by atoms with Crippen LogP contribution < -0.4 is 5.32 Å². The Hall–Kier alpha value is -2.66. The number of benzene rings is 2. The number of rotatable bonds is 9. The molecule has 27 heavy (non-hydrogen) atoms. The Morgan fingerprint density at radius 3 is 2.37 bits per heavy atom. The van der Waals surface area contributed by atoms with Crippen LogP contribution in [0.4, 0.5) is 5.69 Å². The summed E-state index contributed by atoms with van der Waals surface area (Å²) in [4.78, 5) is 25.5. The number of hydrogen-bond donors (Lipinski definition) is 2. The fraction of sp³-hybridized carbons (Fsp3) is 0.364. The molecule has 0 fully saturated rings. The predicted molar refractivity (Wildman–Crippen MR) is 108 cm³/mol. The molecule has 2 aromatic carbocycles. The molecule has 0 saturated heterocycles. The maximum absolute atomic E-state index is 12.5. The zero-order chi connectivity index (χ0) is 19.8. The lowest BCUT2D eigenvalue weighted by Crippen LogP contribution is -2.29. The summed E-state index contributed by atoms with van der Waals surface area (Å²) in [5.74, 6) is -1.00. The summed E-state index contributed by atoms with van der Waals surface area (Å²) in [5.41, 5.74) is 3.34. The van der Waals surface area contributed by atoms with Gasteiger partial charge in [0.1, 0.15) is 0 Å². The third-order valence-electron chi connectivity index (χ3n) is 4.55. The third kappa shape index (κ3) is 6.53. The molecule has 144 valence electrons. The van der Waals surface area contributed by atoms with Gasteiger partial charge in [0.25, 0.3) is 5.91 Å². The largest absolute Gasteiger partial charge is 0.481 e. The van der Waals surface area contributed by atoms with Crippen molar-refractivity contribution in [1.29, 1.82) is 0 Å². The van der Waals surface area contributed by atoms with Gasteiger partial charge in [0.05, 0.1) is 0 Å². The number of aliphatic carboxylic acids is 1. The van der Waals surface area contributed by atoms with E-state index in [1.165, 1.54) is 5.56 Å². The van der Waals surface area contributed by atoms with E-state index in [9.17, 15) is 9.59 Å². The van der Waals surface area contributed by atoms with Gasteiger partial charge in [-0.1, -0.05) is 31.2 Å². The van der Waals surface area contributed by atoms with E-state index < -0.39 is 5.97 Å². The van der Waals surface area contributed by atoms with Gasteiger partial charge in [-0.25, -0.2) is 0 Å². The van der Waals surface area contributed by atoms with Gasteiger partial charge in [-0.2, -0.15) is 0 Å². The molecule has 0 aliphatic heterocycles. The van der Waals surface area contributed by atoms with E-state index in [1.807, 2.05) is 42.5 Å². The minimum atomic E-state index is -0.830. The van der Waals surface area contributed by atoms with Gasteiger partial charge in [-0.3, -0.25) is 14.5 Å². The molecule has 0 aromatic heterocycles. The molecule has 0 aliphatic rings. The molecule has 1 amide bonds. The smallest absolute Gasteiger partial charge is 0.303 e. The highest BCUT2D eigenvalue weighted by Crippen LogP contribution is 2.15. The molecule has 0 radical (unpaired) electrons. The van der Waals surface area contributed by atoms with Crippen molar-refractivity contribution in [3.05, 3.63) is 65.2 Å². The Morgan fingerprint density at radius 1 is 1.07 bits per heavy atom. The molecule has 2 rings (SSSR count). The summed E-state index contributed by atoms with van der Waals surface area (Å²) in [7, 11) is 0. The van der Waals surface area contributed by atoms with Crippen LogP contribution in [0.25, 0.3) is 0 Å². The summed E-state index contributed by atoms with van der Waals surface area (Å²) in [6.07, 6.45) is 0.515.